The van der Waals surface area contributed by atoms with Gasteiger partial charge in [-0.25, -0.2) is 0 Å². The molecule has 0 saturated heterocycles. The fourth-order valence-electron chi connectivity index (χ4n) is 2.60. The maximum absolute atomic E-state index is 12.6. The minimum absolute atomic E-state index is 0.0560. The zero-order chi connectivity index (χ0) is 19.6. The maximum atomic E-state index is 12.6. The molecule has 0 bridgehead atoms. The molecule has 0 aromatic heterocycles. The largest absolute Gasteiger partial charge is 0.505 e. The topological polar surface area (TPSA) is 67.8 Å². The van der Waals surface area contributed by atoms with E-state index in [2.05, 4.69) is 5.32 Å². The monoisotopic (exact) mass is 417 g/mol. The molecule has 0 spiro atoms. The molecule has 1 amide bonds. The molecule has 0 radical (unpaired) electrons. The van der Waals surface area contributed by atoms with Crippen LogP contribution in [-0.4, -0.2) is 25.2 Å². The van der Waals surface area contributed by atoms with E-state index in [-0.39, 0.29) is 20.6 Å². The molecule has 26 heavy (non-hydrogen) atoms. The summed E-state index contributed by atoms with van der Waals surface area (Å²) in [6, 6.07) is 4.47. The number of ether oxygens (including phenoxy) is 2. The molecule has 8 heteroatoms. The average molecular weight is 419 g/mol. The number of aromatic hydroxyl groups is 1. The average Bonchev–Trinajstić information content (AvgIpc) is 2.59. The van der Waals surface area contributed by atoms with Crippen molar-refractivity contribution in [2.24, 2.45) is 0 Å². The van der Waals surface area contributed by atoms with E-state index < -0.39 is 17.7 Å². The molecule has 0 aliphatic heterocycles. The van der Waals surface area contributed by atoms with Crippen LogP contribution in [0.25, 0.3) is 0 Å². The number of phenols is 1. The van der Waals surface area contributed by atoms with E-state index in [0.29, 0.717) is 11.5 Å². The molecule has 2 N–H and O–H groups in total. The summed E-state index contributed by atoms with van der Waals surface area (Å²) in [6.07, 6.45) is 0. The molecular weight excluding hydrogens is 401 g/mol. The number of aryl methyl sites for hydroxylation is 1. The SMILES string of the molecule is COc1cc(C)c(C(C)NC(=O)c2c(O)c(Cl)cc(Cl)c2Cl)cc1OC. The van der Waals surface area contributed by atoms with Crippen molar-refractivity contribution < 1.29 is 19.4 Å². The number of hydrogen-bond acceptors (Lipinski definition) is 4. The van der Waals surface area contributed by atoms with Gasteiger partial charge in [0.25, 0.3) is 5.91 Å². The van der Waals surface area contributed by atoms with Crippen LogP contribution >= 0.6 is 34.8 Å². The fourth-order valence-corrected chi connectivity index (χ4v) is 3.30. The molecule has 1 unspecified atom stereocenters. The highest BCUT2D eigenvalue weighted by Gasteiger charge is 2.23. The van der Waals surface area contributed by atoms with Crippen LogP contribution in [0.4, 0.5) is 0 Å². The second kappa shape index (κ2) is 8.25. The molecule has 2 aromatic rings. The van der Waals surface area contributed by atoms with Crippen molar-refractivity contribution in [3.05, 3.63) is 50.0 Å². The number of rotatable bonds is 5. The lowest BCUT2D eigenvalue weighted by Gasteiger charge is -2.20. The smallest absolute Gasteiger partial charge is 0.257 e. The van der Waals surface area contributed by atoms with Crippen LogP contribution in [0.1, 0.15) is 34.5 Å². The van der Waals surface area contributed by atoms with Gasteiger partial charge in [-0.05, 0) is 43.2 Å². The van der Waals surface area contributed by atoms with Crippen LogP contribution in [-0.2, 0) is 0 Å². The second-order valence-electron chi connectivity index (χ2n) is 5.64. The van der Waals surface area contributed by atoms with Gasteiger partial charge in [-0.3, -0.25) is 4.79 Å². The minimum atomic E-state index is -0.599. The van der Waals surface area contributed by atoms with Crippen molar-refractivity contribution in [3.63, 3.8) is 0 Å². The highest BCUT2D eigenvalue weighted by molar-refractivity contribution is 6.45. The molecule has 0 fully saturated rings. The summed E-state index contributed by atoms with van der Waals surface area (Å²) in [6.45, 7) is 3.68. The molecule has 1 atom stereocenters. The Labute approximate surface area is 166 Å². The second-order valence-corrected chi connectivity index (χ2v) is 6.83. The summed E-state index contributed by atoms with van der Waals surface area (Å²) in [4.78, 5) is 12.6. The van der Waals surface area contributed by atoms with Crippen molar-refractivity contribution in [3.8, 4) is 17.2 Å². The standard InChI is InChI=1S/C18H18Cl3NO4/c1-8-5-13(25-3)14(26-4)6-10(8)9(2)22-18(24)15-16(21)11(19)7-12(20)17(15)23/h5-7,9,23H,1-4H3,(H,22,24). The van der Waals surface area contributed by atoms with Gasteiger partial charge < -0.3 is 19.9 Å². The highest BCUT2D eigenvalue weighted by atomic mass is 35.5. The zero-order valence-electron chi connectivity index (χ0n) is 14.6. The Morgan fingerprint density at radius 2 is 1.65 bits per heavy atom. The van der Waals surface area contributed by atoms with E-state index in [1.807, 2.05) is 13.0 Å². The first-order chi connectivity index (χ1) is 12.2. The molecule has 0 aliphatic carbocycles. The third-order valence-electron chi connectivity index (χ3n) is 3.96. The first kappa shape index (κ1) is 20.5. The van der Waals surface area contributed by atoms with Gasteiger partial charge >= 0.3 is 0 Å². The third-order valence-corrected chi connectivity index (χ3v) is 5.03. The van der Waals surface area contributed by atoms with E-state index in [1.165, 1.54) is 13.2 Å². The van der Waals surface area contributed by atoms with Crippen LogP contribution in [0, 0.1) is 6.92 Å². The Balaban J connectivity index is 2.37. The number of benzene rings is 2. The number of carbonyl (C=O) groups excluding carboxylic acids is 1. The summed E-state index contributed by atoms with van der Waals surface area (Å²) >= 11 is 17.9. The quantitative estimate of drug-likeness (QED) is 0.657. The Morgan fingerprint density at radius 3 is 2.23 bits per heavy atom. The Kier molecular flexibility index (Phi) is 6.50. The Hall–Kier alpha value is -1.82. The molecule has 0 heterocycles. The Morgan fingerprint density at radius 1 is 1.08 bits per heavy atom. The fraction of sp³-hybridized carbons (Fsp3) is 0.278. The van der Waals surface area contributed by atoms with Gasteiger partial charge in [0.15, 0.2) is 11.5 Å². The molecule has 2 rings (SSSR count). The molecule has 140 valence electrons. The maximum Gasteiger partial charge on any atom is 0.257 e. The summed E-state index contributed by atoms with van der Waals surface area (Å²) < 4.78 is 10.6. The Bertz CT molecular complexity index is 829. The van der Waals surface area contributed by atoms with E-state index >= 15 is 0 Å². The third kappa shape index (κ3) is 3.95. The van der Waals surface area contributed by atoms with Gasteiger partial charge in [-0.15, -0.1) is 0 Å². The summed E-state index contributed by atoms with van der Waals surface area (Å²) in [7, 11) is 3.09. The number of amides is 1. The molecular formula is C18H18Cl3NO4. The number of halogens is 3. The van der Waals surface area contributed by atoms with Crippen molar-refractivity contribution in [1.29, 1.82) is 0 Å². The summed E-state index contributed by atoms with van der Waals surface area (Å²) in [5.41, 5.74) is 1.55. The van der Waals surface area contributed by atoms with Crippen LogP contribution in [0.3, 0.4) is 0 Å². The molecule has 5 nitrogen and oxygen atoms in total. The summed E-state index contributed by atoms with van der Waals surface area (Å²) in [5, 5.41) is 12.8. The van der Waals surface area contributed by atoms with Crippen molar-refractivity contribution in [2.75, 3.05) is 14.2 Å². The van der Waals surface area contributed by atoms with E-state index in [0.717, 1.165) is 11.1 Å². The van der Waals surface area contributed by atoms with E-state index in [9.17, 15) is 9.90 Å². The van der Waals surface area contributed by atoms with Gasteiger partial charge in [0.2, 0.25) is 0 Å². The predicted octanol–water partition coefficient (Wildman–Crippen LogP) is 5.17. The molecule has 0 aliphatic rings. The lowest BCUT2D eigenvalue weighted by Crippen LogP contribution is -2.27. The van der Waals surface area contributed by atoms with Crippen molar-refractivity contribution in [2.45, 2.75) is 19.9 Å². The highest BCUT2D eigenvalue weighted by Crippen LogP contribution is 2.39. The number of nitrogens with one attached hydrogen (secondary N) is 1. The summed E-state index contributed by atoms with van der Waals surface area (Å²) in [5.74, 6) is 0.115. The van der Waals surface area contributed by atoms with E-state index in [4.69, 9.17) is 44.3 Å². The number of methoxy groups -OCH3 is 2. The number of carbonyl (C=O) groups is 1. The van der Waals surface area contributed by atoms with Crippen molar-refractivity contribution >= 4 is 40.7 Å². The van der Waals surface area contributed by atoms with Gasteiger partial charge in [0.05, 0.1) is 35.3 Å². The first-order valence-corrected chi connectivity index (χ1v) is 8.74. The van der Waals surface area contributed by atoms with Crippen LogP contribution in [0.15, 0.2) is 18.2 Å². The predicted molar refractivity (Wildman–Crippen MR) is 103 cm³/mol. The first-order valence-electron chi connectivity index (χ1n) is 7.61. The van der Waals surface area contributed by atoms with Gasteiger partial charge in [-0.1, -0.05) is 34.8 Å². The lowest BCUT2D eigenvalue weighted by atomic mass is 10.0. The van der Waals surface area contributed by atoms with E-state index in [1.54, 1.807) is 20.1 Å². The lowest BCUT2D eigenvalue weighted by molar-refractivity contribution is 0.0937. The molecule has 2 aromatic carbocycles. The normalized spacial score (nSPS) is 11.8. The van der Waals surface area contributed by atoms with Gasteiger partial charge in [0.1, 0.15) is 11.3 Å². The van der Waals surface area contributed by atoms with Gasteiger partial charge in [-0.2, -0.15) is 0 Å². The van der Waals surface area contributed by atoms with Crippen LogP contribution in [0.2, 0.25) is 15.1 Å². The number of phenolic OH excluding ortho intramolecular Hbond substituents is 1. The van der Waals surface area contributed by atoms with Crippen LogP contribution in [0.5, 0.6) is 17.2 Å². The van der Waals surface area contributed by atoms with Crippen LogP contribution < -0.4 is 14.8 Å². The molecule has 0 saturated carbocycles. The zero-order valence-corrected chi connectivity index (χ0v) is 16.9. The van der Waals surface area contributed by atoms with Crippen molar-refractivity contribution in [1.82, 2.24) is 5.32 Å². The minimum Gasteiger partial charge on any atom is -0.505 e. The van der Waals surface area contributed by atoms with Gasteiger partial charge in [0, 0.05) is 0 Å². The number of hydrogen-bond donors (Lipinski definition) is 2.